The highest BCUT2D eigenvalue weighted by Crippen LogP contribution is 2.37. The summed E-state index contributed by atoms with van der Waals surface area (Å²) in [6, 6.07) is 14.3. The van der Waals surface area contributed by atoms with Crippen molar-refractivity contribution in [2.45, 2.75) is 50.7 Å². The number of nitrogens with zero attached hydrogens (tertiary/aromatic N) is 2. The fourth-order valence-corrected chi connectivity index (χ4v) is 6.17. The van der Waals surface area contributed by atoms with E-state index < -0.39 is 28.5 Å². The molecule has 0 aliphatic heterocycles. The molecule has 0 saturated heterocycles. The van der Waals surface area contributed by atoms with Crippen LogP contribution in [0.25, 0.3) is 0 Å². The van der Waals surface area contributed by atoms with Crippen LogP contribution in [0.1, 0.15) is 32.8 Å². The van der Waals surface area contributed by atoms with Gasteiger partial charge in [0.05, 0.1) is 31.9 Å². The molecule has 0 spiro atoms. The second kappa shape index (κ2) is 15.4. The number of halogens is 2. The third-order valence-corrected chi connectivity index (χ3v) is 9.27. The largest absolute Gasteiger partial charge is 0.495 e. The minimum Gasteiger partial charge on any atom is -0.495 e. The Hall–Kier alpha value is -3.67. The molecular weight excluding hydrogens is 629 g/mol. The average molecular weight is 667 g/mol. The van der Waals surface area contributed by atoms with Crippen molar-refractivity contribution in [1.82, 2.24) is 10.2 Å². The maximum atomic E-state index is 14.3. The van der Waals surface area contributed by atoms with E-state index in [9.17, 15) is 18.0 Å². The quantitative estimate of drug-likeness (QED) is 0.240. The molecule has 44 heavy (non-hydrogen) atoms. The fourth-order valence-electron chi connectivity index (χ4n) is 4.36. The molecule has 0 aromatic heterocycles. The van der Waals surface area contributed by atoms with Crippen LogP contribution in [0.5, 0.6) is 17.2 Å². The first-order valence-corrected chi connectivity index (χ1v) is 16.0. The van der Waals surface area contributed by atoms with Crippen molar-refractivity contribution in [3.8, 4) is 17.2 Å². The smallest absolute Gasteiger partial charge is 0.265 e. The first-order valence-electron chi connectivity index (χ1n) is 13.8. The van der Waals surface area contributed by atoms with Crippen LogP contribution < -0.4 is 23.8 Å². The molecule has 3 rings (SSSR count). The number of hydrogen-bond acceptors (Lipinski definition) is 7. The van der Waals surface area contributed by atoms with E-state index in [1.807, 2.05) is 13.8 Å². The molecule has 238 valence electrons. The highest BCUT2D eigenvalue weighted by Gasteiger charge is 2.34. The minimum atomic E-state index is -4.45. The molecule has 3 aromatic carbocycles. The number of hydrogen-bond donors (Lipinski definition) is 1. The summed E-state index contributed by atoms with van der Waals surface area (Å²) in [5.74, 6) is -0.374. The van der Waals surface area contributed by atoms with E-state index in [4.69, 9.17) is 37.4 Å². The van der Waals surface area contributed by atoms with E-state index in [2.05, 4.69) is 5.32 Å². The van der Waals surface area contributed by atoms with E-state index in [-0.39, 0.29) is 45.6 Å². The van der Waals surface area contributed by atoms with Crippen LogP contribution in [-0.4, -0.2) is 65.1 Å². The van der Waals surface area contributed by atoms with Crippen molar-refractivity contribution in [3.05, 3.63) is 76.3 Å². The number of carbonyl (C=O) groups is 2. The predicted octanol–water partition coefficient (Wildman–Crippen LogP) is 5.55. The summed E-state index contributed by atoms with van der Waals surface area (Å²) < 4.78 is 45.6. The summed E-state index contributed by atoms with van der Waals surface area (Å²) in [5.41, 5.74) is 0.686. The van der Waals surface area contributed by atoms with Gasteiger partial charge in [-0.15, -0.1) is 0 Å². The normalized spacial score (nSPS) is 12.5. The lowest BCUT2D eigenvalue weighted by atomic mass is 10.1. The molecule has 0 fully saturated rings. The van der Waals surface area contributed by atoms with Crippen molar-refractivity contribution in [2.75, 3.05) is 32.2 Å². The Morgan fingerprint density at radius 1 is 0.864 bits per heavy atom. The number of nitrogens with one attached hydrogen (secondary N) is 1. The maximum absolute atomic E-state index is 14.3. The molecule has 0 aliphatic rings. The Morgan fingerprint density at radius 3 is 2.11 bits per heavy atom. The molecule has 3 aromatic rings. The van der Waals surface area contributed by atoms with Gasteiger partial charge in [0.25, 0.3) is 10.0 Å². The number of methoxy groups -OCH3 is 3. The first-order chi connectivity index (χ1) is 20.9. The number of anilines is 1. The lowest BCUT2D eigenvalue weighted by Gasteiger charge is -2.33. The number of benzene rings is 3. The van der Waals surface area contributed by atoms with Gasteiger partial charge >= 0.3 is 0 Å². The summed E-state index contributed by atoms with van der Waals surface area (Å²) in [5, 5.41) is 3.57. The van der Waals surface area contributed by atoms with Crippen molar-refractivity contribution in [1.29, 1.82) is 0 Å². The van der Waals surface area contributed by atoms with Gasteiger partial charge in [-0.25, -0.2) is 8.42 Å². The zero-order valence-corrected chi connectivity index (χ0v) is 27.8. The number of carbonyl (C=O) groups excluding carboxylic acids is 2. The highest BCUT2D eigenvalue weighted by atomic mass is 35.5. The Labute approximate surface area is 268 Å². The molecule has 1 N–H and O–H groups in total. The van der Waals surface area contributed by atoms with E-state index >= 15 is 0 Å². The van der Waals surface area contributed by atoms with Crippen LogP contribution in [0.2, 0.25) is 10.0 Å². The van der Waals surface area contributed by atoms with Gasteiger partial charge < -0.3 is 24.4 Å². The molecule has 10 nitrogen and oxygen atoms in total. The van der Waals surface area contributed by atoms with Gasteiger partial charge in [-0.05, 0) is 68.3 Å². The SMILES string of the molecule is CC[C@H](C)NC(=O)[C@@H](C)N(Cc1cccc(Cl)c1)C(=O)CN(c1cc(Cl)ccc1OC)S(=O)(=O)c1ccc(OC)c(OC)c1. The second-order valence-corrected chi connectivity index (χ2v) is 12.7. The van der Waals surface area contributed by atoms with Crippen molar-refractivity contribution >= 4 is 50.7 Å². The summed E-state index contributed by atoms with van der Waals surface area (Å²) in [6.07, 6.45) is 0.687. The zero-order valence-electron chi connectivity index (χ0n) is 25.5. The van der Waals surface area contributed by atoms with Crippen LogP contribution >= 0.6 is 23.2 Å². The monoisotopic (exact) mass is 665 g/mol. The standard InChI is InChI=1S/C31H37Cl2N3O7S/c1-7-20(2)34-31(38)21(3)35(18-22-9-8-10-23(32)15-22)30(37)19-36(26-16-24(33)11-13-27(26)41-4)44(39,40)25-12-14-28(42-5)29(17-25)43-6/h8-17,20-21H,7,18-19H2,1-6H3,(H,34,38)/t20-,21+/m0/s1. The van der Waals surface area contributed by atoms with E-state index in [0.717, 1.165) is 4.31 Å². The molecule has 2 atom stereocenters. The van der Waals surface area contributed by atoms with Crippen molar-refractivity contribution in [3.63, 3.8) is 0 Å². The van der Waals surface area contributed by atoms with Crippen LogP contribution in [0, 0.1) is 0 Å². The molecular formula is C31H37Cl2N3O7S. The van der Waals surface area contributed by atoms with Crippen LogP contribution in [0.3, 0.4) is 0 Å². The topological polar surface area (TPSA) is 114 Å². The van der Waals surface area contributed by atoms with Gasteiger partial charge in [0.1, 0.15) is 18.3 Å². The summed E-state index contributed by atoms with van der Waals surface area (Å²) in [6.45, 7) is 4.68. The molecule has 0 bridgehead atoms. The highest BCUT2D eigenvalue weighted by molar-refractivity contribution is 7.92. The third-order valence-electron chi connectivity index (χ3n) is 7.04. The van der Waals surface area contributed by atoms with E-state index in [1.54, 1.807) is 37.3 Å². The van der Waals surface area contributed by atoms with Crippen molar-refractivity contribution < 1.29 is 32.2 Å². The average Bonchev–Trinajstić information content (AvgIpc) is 3.01. The zero-order chi connectivity index (χ0) is 32.6. The molecule has 0 saturated carbocycles. The Kier molecular flexibility index (Phi) is 12.2. The molecule has 0 aliphatic carbocycles. The van der Waals surface area contributed by atoms with Crippen molar-refractivity contribution in [2.24, 2.45) is 0 Å². The lowest BCUT2D eigenvalue weighted by molar-refractivity contribution is -0.139. The predicted molar refractivity (Wildman–Crippen MR) is 171 cm³/mol. The maximum Gasteiger partial charge on any atom is 0.265 e. The molecule has 13 heteroatoms. The molecule has 0 heterocycles. The number of rotatable bonds is 14. The summed E-state index contributed by atoms with van der Waals surface area (Å²) in [7, 11) is -0.255. The summed E-state index contributed by atoms with van der Waals surface area (Å²) in [4.78, 5) is 28.6. The minimum absolute atomic E-state index is 0.00852. The van der Waals surface area contributed by atoms with Crippen LogP contribution in [-0.2, 0) is 26.2 Å². The Bertz CT molecular complexity index is 1590. The van der Waals surface area contributed by atoms with Gasteiger partial charge in [-0.3, -0.25) is 13.9 Å². The molecule has 2 amide bonds. The van der Waals surface area contributed by atoms with Gasteiger partial charge in [0.15, 0.2) is 11.5 Å². The Balaban J connectivity index is 2.15. The summed E-state index contributed by atoms with van der Waals surface area (Å²) >= 11 is 12.5. The second-order valence-electron chi connectivity index (χ2n) is 9.99. The van der Waals surface area contributed by atoms with Gasteiger partial charge in [0, 0.05) is 28.7 Å². The Morgan fingerprint density at radius 2 is 1.50 bits per heavy atom. The number of ether oxygens (including phenoxy) is 3. The number of sulfonamides is 1. The molecule has 0 radical (unpaired) electrons. The van der Waals surface area contributed by atoms with Gasteiger partial charge in [-0.2, -0.15) is 0 Å². The molecule has 0 unspecified atom stereocenters. The number of amides is 2. The van der Waals surface area contributed by atoms with Gasteiger partial charge in [-0.1, -0.05) is 42.3 Å². The third kappa shape index (κ3) is 8.28. The van der Waals surface area contributed by atoms with Gasteiger partial charge in [0.2, 0.25) is 11.8 Å². The van der Waals surface area contributed by atoms with E-state index in [0.29, 0.717) is 22.8 Å². The van der Waals surface area contributed by atoms with Crippen LogP contribution in [0.4, 0.5) is 5.69 Å². The lowest BCUT2D eigenvalue weighted by Crippen LogP contribution is -2.52. The van der Waals surface area contributed by atoms with E-state index in [1.165, 1.54) is 56.6 Å². The van der Waals surface area contributed by atoms with Crippen LogP contribution in [0.15, 0.2) is 65.6 Å². The first kappa shape index (κ1) is 34.8. The fraction of sp³-hybridized carbons (Fsp3) is 0.355.